The number of halogens is 1. The minimum Gasteiger partial charge on any atom is -0.480 e. The molecule has 1 aromatic carbocycles. The van der Waals surface area contributed by atoms with Gasteiger partial charge in [-0.1, -0.05) is 29.8 Å². The largest absolute Gasteiger partial charge is 0.480 e. The Morgan fingerprint density at radius 3 is 2.80 bits per heavy atom. The molecule has 1 N–H and O–H groups in total. The van der Waals surface area contributed by atoms with E-state index in [0.717, 1.165) is 4.31 Å². The molecule has 0 radical (unpaired) electrons. The Morgan fingerprint density at radius 1 is 1.45 bits per heavy atom. The van der Waals surface area contributed by atoms with Gasteiger partial charge < -0.3 is 9.84 Å². The molecule has 6 nitrogen and oxygen atoms in total. The molecular weight excluding hydrogens is 306 g/mol. The fraction of sp³-hybridized carbons (Fsp3) is 0.417. The van der Waals surface area contributed by atoms with Crippen LogP contribution in [0.15, 0.2) is 24.3 Å². The van der Waals surface area contributed by atoms with E-state index in [1.807, 2.05) is 0 Å². The number of carboxylic acid groups (broad SMARTS) is 1. The van der Waals surface area contributed by atoms with Crippen LogP contribution in [0.3, 0.4) is 0 Å². The van der Waals surface area contributed by atoms with Gasteiger partial charge in [0, 0.05) is 11.6 Å². The Morgan fingerprint density at radius 2 is 2.15 bits per heavy atom. The minimum atomic E-state index is -3.77. The van der Waals surface area contributed by atoms with Gasteiger partial charge in [-0.3, -0.25) is 4.79 Å². The van der Waals surface area contributed by atoms with Crippen LogP contribution in [0.25, 0.3) is 0 Å². The molecule has 20 heavy (non-hydrogen) atoms. The van der Waals surface area contributed by atoms with Crippen molar-refractivity contribution in [3.8, 4) is 0 Å². The van der Waals surface area contributed by atoms with Crippen molar-refractivity contribution in [3.63, 3.8) is 0 Å². The normalized spacial score (nSPS) is 20.8. The van der Waals surface area contributed by atoms with Crippen molar-refractivity contribution in [2.75, 3.05) is 19.8 Å². The summed E-state index contributed by atoms with van der Waals surface area (Å²) in [6, 6.07) is 5.41. The highest BCUT2D eigenvalue weighted by Crippen LogP contribution is 2.22. The quantitative estimate of drug-likeness (QED) is 0.893. The van der Waals surface area contributed by atoms with Crippen LogP contribution in [-0.4, -0.2) is 49.6 Å². The van der Waals surface area contributed by atoms with Crippen LogP contribution >= 0.6 is 11.6 Å². The Kier molecular flexibility index (Phi) is 4.64. The highest BCUT2D eigenvalue weighted by Gasteiger charge is 2.37. The number of rotatable bonds is 4. The summed E-state index contributed by atoms with van der Waals surface area (Å²) in [5.74, 6) is -1.54. The molecule has 8 heteroatoms. The molecule has 1 heterocycles. The maximum atomic E-state index is 12.4. The molecule has 1 aliphatic rings. The summed E-state index contributed by atoms with van der Waals surface area (Å²) < 4.78 is 30.7. The molecule has 1 atom stereocenters. The summed E-state index contributed by atoms with van der Waals surface area (Å²) in [6.07, 6.45) is 0. The third-order valence-electron chi connectivity index (χ3n) is 3.02. The summed E-state index contributed by atoms with van der Waals surface area (Å²) in [7, 11) is -3.77. The minimum absolute atomic E-state index is 0.0315. The van der Waals surface area contributed by atoms with Crippen LogP contribution in [-0.2, 0) is 25.3 Å². The van der Waals surface area contributed by atoms with E-state index >= 15 is 0 Å². The Labute approximate surface area is 122 Å². The van der Waals surface area contributed by atoms with Gasteiger partial charge in [0.2, 0.25) is 10.0 Å². The highest BCUT2D eigenvalue weighted by atomic mass is 35.5. The van der Waals surface area contributed by atoms with Crippen molar-refractivity contribution in [1.82, 2.24) is 4.31 Å². The predicted molar refractivity (Wildman–Crippen MR) is 73.0 cm³/mol. The number of ether oxygens (including phenoxy) is 1. The van der Waals surface area contributed by atoms with Crippen molar-refractivity contribution >= 4 is 27.6 Å². The van der Waals surface area contributed by atoms with E-state index in [1.54, 1.807) is 24.3 Å². The predicted octanol–water partition coefficient (Wildman–Crippen LogP) is 0.955. The van der Waals surface area contributed by atoms with Crippen LogP contribution in [0.1, 0.15) is 5.56 Å². The van der Waals surface area contributed by atoms with Gasteiger partial charge in [-0.25, -0.2) is 8.42 Å². The average Bonchev–Trinajstić information content (AvgIpc) is 2.41. The molecule has 0 saturated carbocycles. The van der Waals surface area contributed by atoms with E-state index in [2.05, 4.69) is 0 Å². The SMILES string of the molecule is O=C(O)C1COCCN1S(=O)(=O)Cc1ccccc1Cl. The average molecular weight is 320 g/mol. The van der Waals surface area contributed by atoms with E-state index in [9.17, 15) is 13.2 Å². The van der Waals surface area contributed by atoms with Crippen LogP contribution in [0.2, 0.25) is 5.02 Å². The lowest BCUT2D eigenvalue weighted by Crippen LogP contribution is -2.52. The molecule has 0 amide bonds. The van der Waals surface area contributed by atoms with Gasteiger partial charge in [-0.15, -0.1) is 0 Å². The lowest BCUT2D eigenvalue weighted by Gasteiger charge is -2.31. The zero-order chi connectivity index (χ0) is 14.8. The van der Waals surface area contributed by atoms with Crippen molar-refractivity contribution in [2.24, 2.45) is 0 Å². The summed E-state index contributed by atoms with van der Waals surface area (Å²) in [6.45, 7) is 0.0758. The van der Waals surface area contributed by atoms with Gasteiger partial charge in [0.05, 0.1) is 19.0 Å². The number of hydrogen-bond donors (Lipinski definition) is 1. The molecule has 0 bridgehead atoms. The number of carboxylic acids is 1. The van der Waals surface area contributed by atoms with Gasteiger partial charge in [0.25, 0.3) is 0 Å². The number of aliphatic carboxylic acids is 1. The van der Waals surface area contributed by atoms with Gasteiger partial charge in [0.15, 0.2) is 0 Å². The van der Waals surface area contributed by atoms with Gasteiger partial charge in [-0.05, 0) is 11.6 Å². The third-order valence-corrected chi connectivity index (χ3v) is 5.21. The molecule has 1 unspecified atom stereocenters. The number of hydrogen-bond acceptors (Lipinski definition) is 4. The molecule has 1 fully saturated rings. The highest BCUT2D eigenvalue weighted by molar-refractivity contribution is 7.88. The van der Waals surface area contributed by atoms with Gasteiger partial charge >= 0.3 is 5.97 Å². The van der Waals surface area contributed by atoms with Crippen LogP contribution < -0.4 is 0 Å². The smallest absolute Gasteiger partial charge is 0.324 e. The number of carbonyl (C=O) groups is 1. The molecule has 1 aliphatic heterocycles. The number of morpholine rings is 1. The second kappa shape index (κ2) is 6.09. The van der Waals surface area contributed by atoms with Gasteiger partial charge in [-0.2, -0.15) is 4.31 Å². The third kappa shape index (κ3) is 3.29. The monoisotopic (exact) mass is 319 g/mol. The maximum Gasteiger partial charge on any atom is 0.324 e. The summed E-state index contributed by atoms with van der Waals surface area (Å²) >= 11 is 5.94. The van der Waals surface area contributed by atoms with Crippen molar-refractivity contribution < 1.29 is 23.1 Å². The Balaban J connectivity index is 2.25. The standard InChI is InChI=1S/C12H14ClNO5S/c13-10-4-2-1-3-9(10)8-20(17,18)14-5-6-19-7-11(14)12(15)16/h1-4,11H,5-8H2,(H,15,16). The first-order chi connectivity index (χ1) is 9.42. The number of benzene rings is 1. The van der Waals surface area contributed by atoms with Crippen molar-refractivity contribution in [2.45, 2.75) is 11.8 Å². The molecule has 0 spiro atoms. The number of nitrogens with zero attached hydrogens (tertiary/aromatic N) is 1. The van der Waals surface area contributed by atoms with E-state index in [1.165, 1.54) is 0 Å². The summed E-state index contributed by atoms with van der Waals surface area (Å²) in [5.41, 5.74) is 0.449. The van der Waals surface area contributed by atoms with Crippen LogP contribution in [0, 0.1) is 0 Å². The molecule has 0 aromatic heterocycles. The van der Waals surface area contributed by atoms with E-state index in [-0.39, 0.29) is 25.5 Å². The zero-order valence-electron chi connectivity index (χ0n) is 10.5. The lowest BCUT2D eigenvalue weighted by molar-refractivity contribution is -0.146. The lowest BCUT2D eigenvalue weighted by atomic mass is 10.2. The second-order valence-electron chi connectivity index (χ2n) is 4.39. The van der Waals surface area contributed by atoms with Crippen molar-refractivity contribution in [1.29, 1.82) is 0 Å². The Bertz CT molecular complexity index is 604. The molecular formula is C12H14ClNO5S. The zero-order valence-corrected chi connectivity index (χ0v) is 12.1. The van der Waals surface area contributed by atoms with E-state index in [4.69, 9.17) is 21.4 Å². The first kappa shape index (κ1) is 15.2. The first-order valence-corrected chi connectivity index (χ1v) is 7.94. The topological polar surface area (TPSA) is 83.9 Å². The summed E-state index contributed by atoms with van der Waals surface area (Å²) in [5, 5.41) is 9.42. The van der Waals surface area contributed by atoms with E-state index < -0.39 is 22.0 Å². The molecule has 0 aliphatic carbocycles. The maximum absolute atomic E-state index is 12.4. The Hall–Kier alpha value is -1.15. The van der Waals surface area contributed by atoms with Crippen LogP contribution in [0.4, 0.5) is 0 Å². The van der Waals surface area contributed by atoms with Crippen molar-refractivity contribution in [3.05, 3.63) is 34.9 Å². The first-order valence-electron chi connectivity index (χ1n) is 5.95. The molecule has 1 saturated heterocycles. The number of sulfonamides is 1. The van der Waals surface area contributed by atoms with Crippen LogP contribution in [0.5, 0.6) is 0 Å². The fourth-order valence-corrected chi connectivity index (χ4v) is 3.99. The second-order valence-corrected chi connectivity index (χ2v) is 6.72. The fourth-order valence-electron chi connectivity index (χ4n) is 2.01. The molecule has 2 rings (SSSR count). The molecule has 1 aromatic rings. The molecule has 110 valence electrons. The van der Waals surface area contributed by atoms with Gasteiger partial charge in [0.1, 0.15) is 6.04 Å². The summed E-state index contributed by atoms with van der Waals surface area (Å²) in [4.78, 5) is 11.1. The van der Waals surface area contributed by atoms with E-state index in [0.29, 0.717) is 10.6 Å².